The fourth-order valence-corrected chi connectivity index (χ4v) is 3.68. The van der Waals surface area contributed by atoms with Gasteiger partial charge in [-0.3, -0.25) is 10.1 Å². The summed E-state index contributed by atoms with van der Waals surface area (Å²) in [5.41, 5.74) is 1.79. The van der Waals surface area contributed by atoms with Gasteiger partial charge in [0, 0.05) is 17.9 Å². The standard InChI is InChI=1S/C16H15NOS/c18-15(13-7-3-1-4-8-13)16(17-11-12-19-16)14-9-5-2-6-10-14/h1-10,17H,11-12H2. The van der Waals surface area contributed by atoms with Crippen LogP contribution in [0.1, 0.15) is 15.9 Å². The third kappa shape index (κ3) is 2.20. The van der Waals surface area contributed by atoms with Crippen molar-refractivity contribution in [2.24, 2.45) is 0 Å². The van der Waals surface area contributed by atoms with E-state index in [2.05, 4.69) is 5.32 Å². The van der Waals surface area contributed by atoms with Gasteiger partial charge in [0.2, 0.25) is 0 Å². The Morgan fingerprint density at radius 3 is 2.21 bits per heavy atom. The lowest BCUT2D eigenvalue weighted by atomic mass is 9.96. The van der Waals surface area contributed by atoms with Crippen LogP contribution < -0.4 is 5.32 Å². The molecule has 0 aromatic heterocycles. The topological polar surface area (TPSA) is 29.1 Å². The molecule has 0 saturated carbocycles. The molecule has 2 aromatic carbocycles. The van der Waals surface area contributed by atoms with Crippen LogP contribution in [0.4, 0.5) is 0 Å². The molecule has 0 radical (unpaired) electrons. The highest BCUT2D eigenvalue weighted by Crippen LogP contribution is 2.40. The molecule has 1 atom stereocenters. The predicted octanol–water partition coefficient (Wildman–Crippen LogP) is 3.06. The van der Waals surface area contributed by atoms with Gasteiger partial charge in [0.1, 0.15) is 0 Å². The van der Waals surface area contributed by atoms with Crippen LogP contribution in [-0.2, 0) is 4.87 Å². The van der Waals surface area contributed by atoms with E-state index in [0.29, 0.717) is 0 Å². The molecule has 3 rings (SSSR count). The van der Waals surface area contributed by atoms with Gasteiger partial charge in [-0.15, -0.1) is 11.8 Å². The minimum atomic E-state index is -0.622. The molecule has 3 heteroatoms. The molecule has 1 fully saturated rings. The summed E-state index contributed by atoms with van der Waals surface area (Å²) in [4.78, 5) is 12.3. The molecule has 0 spiro atoms. The van der Waals surface area contributed by atoms with Crippen LogP contribution in [0.5, 0.6) is 0 Å². The Labute approximate surface area is 117 Å². The molecule has 1 aliphatic heterocycles. The van der Waals surface area contributed by atoms with E-state index in [1.54, 1.807) is 11.8 Å². The maximum Gasteiger partial charge on any atom is 0.197 e. The number of Topliss-reactive ketones (excluding diaryl/α,β-unsaturated/α-hetero) is 1. The van der Waals surface area contributed by atoms with Crippen molar-refractivity contribution in [1.82, 2.24) is 5.32 Å². The fourth-order valence-electron chi connectivity index (χ4n) is 2.41. The van der Waals surface area contributed by atoms with Crippen LogP contribution in [0.15, 0.2) is 60.7 Å². The number of nitrogens with one attached hydrogen (secondary N) is 1. The zero-order valence-electron chi connectivity index (χ0n) is 10.5. The number of hydrogen-bond donors (Lipinski definition) is 1. The predicted molar refractivity (Wildman–Crippen MR) is 79.4 cm³/mol. The Morgan fingerprint density at radius 1 is 1.00 bits per heavy atom. The third-order valence-corrected chi connectivity index (χ3v) is 4.74. The molecule has 96 valence electrons. The molecule has 1 saturated heterocycles. The normalized spacial score (nSPS) is 22.3. The molecule has 0 amide bonds. The summed E-state index contributed by atoms with van der Waals surface area (Å²) in [6.07, 6.45) is 0. The van der Waals surface area contributed by atoms with Crippen molar-refractivity contribution in [3.05, 3.63) is 71.8 Å². The molecule has 0 aliphatic carbocycles. The van der Waals surface area contributed by atoms with Crippen LogP contribution in [0.25, 0.3) is 0 Å². The summed E-state index contributed by atoms with van der Waals surface area (Å²) in [5, 5.41) is 3.40. The fraction of sp³-hybridized carbons (Fsp3) is 0.188. The van der Waals surface area contributed by atoms with Gasteiger partial charge < -0.3 is 0 Å². The quantitative estimate of drug-likeness (QED) is 0.868. The monoisotopic (exact) mass is 269 g/mol. The Kier molecular flexibility index (Phi) is 3.40. The zero-order valence-corrected chi connectivity index (χ0v) is 11.3. The SMILES string of the molecule is O=C(c1ccccc1)C1(c2ccccc2)NCCS1. The largest absolute Gasteiger partial charge is 0.292 e. The summed E-state index contributed by atoms with van der Waals surface area (Å²) in [6, 6.07) is 19.5. The van der Waals surface area contributed by atoms with Crippen LogP contribution in [0.3, 0.4) is 0 Å². The lowest BCUT2D eigenvalue weighted by Crippen LogP contribution is -2.42. The Morgan fingerprint density at radius 2 is 1.63 bits per heavy atom. The second-order valence-corrected chi connectivity index (χ2v) is 5.83. The van der Waals surface area contributed by atoms with Gasteiger partial charge in [-0.05, 0) is 5.56 Å². The number of benzene rings is 2. The second-order valence-electron chi connectivity index (χ2n) is 4.52. The number of carbonyl (C=O) groups is 1. The van der Waals surface area contributed by atoms with E-state index in [1.165, 1.54) is 0 Å². The zero-order chi connectivity index (χ0) is 13.1. The smallest absolute Gasteiger partial charge is 0.197 e. The maximum atomic E-state index is 12.9. The first-order chi connectivity index (χ1) is 9.33. The first-order valence-electron chi connectivity index (χ1n) is 6.37. The van der Waals surface area contributed by atoms with Crippen molar-refractivity contribution < 1.29 is 4.79 Å². The van der Waals surface area contributed by atoms with Gasteiger partial charge in [0.15, 0.2) is 10.7 Å². The van der Waals surface area contributed by atoms with Crippen molar-refractivity contribution in [3.8, 4) is 0 Å². The summed E-state index contributed by atoms with van der Waals surface area (Å²) < 4.78 is 0. The number of rotatable bonds is 3. The van der Waals surface area contributed by atoms with Gasteiger partial charge in [-0.25, -0.2) is 0 Å². The molecule has 1 unspecified atom stereocenters. The highest BCUT2D eigenvalue weighted by molar-refractivity contribution is 8.01. The molecule has 1 aliphatic rings. The van der Waals surface area contributed by atoms with Gasteiger partial charge in [-0.1, -0.05) is 60.7 Å². The van der Waals surface area contributed by atoms with E-state index in [0.717, 1.165) is 23.4 Å². The van der Waals surface area contributed by atoms with Gasteiger partial charge >= 0.3 is 0 Å². The van der Waals surface area contributed by atoms with Crippen molar-refractivity contribution in [1.29, 1.82) is 0 Å². The molecular formula is C16H15NOS. The Hall–Kier alpha value is -1.58. The van der Waals surface area contributed by atoms with Crippen LogP contribution in [0.2, 0.25) is 0 Å². The molecule has 2 aromatic rings. The van der Waals surface area contributed by atoms with Crippen LogP contribution in [-0.4, -0.2) is 18.1 Å². The number of carbonyl (C=O) groups excluding carboxylic acids is 1. The minimum Gasteiger partial charge on any atom is -0.292 e. The lowest BCUT2D eigenvalue weighted by molar-refractivity contribution is 0.0927. The molecule has 1 N–H and O–H groups in total. The van der Waals surface area contributed by atoms with E-state index in [4.69, 9.17) is 0 Å². The van der Waals surface area contributed by atoms with Crippen LogP contribution in [0, 0.1) is 0 Å². The van der Waals surface area contributed by atoms with E-state index < -0.39 is 4.87 Å². The minimum absolute atomic E-state index is 0.141. The van der Waals surface area contributed by atoms with E-state index >= 15 is 0 Å². The first-order valence-corrected chi connectivity index (χ1v) is 7.36. The average molecular weight is 269 g/mol. The molecule has 19 heavy (non-hydrogen) atoms. The summed E-state index contributed by atoms with van der Waals surface area (Å²) in [6.45, 7) is 0.859. The van der Waals surface area contributed by atoms with E-state index in [1.807, 2.05) is 60.7 Å². The molecule has 1 heterocycles. The Balaban J connectivity index is 2.05. The summed E-state index contributed by atoms with van der Waals surface area (Å²) in [5.74, 6) is 1.09. The second kappa shape index (κ2) is 5.19. The molecule has 0 bridgehead atoms. The van der Waals surface area contributed by atoms with Gasteiger partial charge in [0.05, 0.1) is 0 Å². The van der Waals surface area contributed by atoms with Crippen molar-refractivity contribution in [3.63, 3.8) is 0 Å². The number of thioether (sulfide) groups is 1. The maximum absolute atomic E-state index is 12.9. The van der Waals surface area contributed by atoms with Crippen molar-refractivity contribution >= 4 is 17.5 Å². The average Bonchev–Trinajstić information content (AvgIpc) is 2.99. The summed E-state index contributed by atoms with van der Waals surface area (Å²) in [7, 11) is 0. The van der Waals surface area contributed by atoms with Crippen LogP contribution >= 0.6 is 11.8 Å². The van der Waals surface area contributed by atoms with Gasteiger partial charge in [-0.2, -0.15) is 0 Å². The van der Waals surface area contributed by atoms with Crippen molar-refractivity contribution in [2.45, 2.75) is 4.87 Å². The Bertz CT molecular complexity index is 562. The van der Waals surface area contributed by atoms with Crippen molar-refractivity contribution in [2.75, 3.05) is 12.3 Å². The van der Waals surface area contributed by atoms with E-state index in [9.17, 15) is 4.79 Å². The van der Waals surface area contributed by atoms with E-state index in [-0.39, 0.29) is 5.78 Å². The number of hydrogen-bond acceptors (Lipinski definition) is 3. The third-order valence-electron chi connectivity index (χ3n) is 3.33. The van der Waals surface area contributed by atoms with Gasteiger partial charge in [0.25, 0.3) is 0 Å². The first kappa shape index (κ1) is 12.5. The lowest BCUT2D eigenvalue weighted by Gasteiger charge is -2.27. The summed E-state index contributed by atoms with van der Waals surface area (Å²) >= 11 is 1.69. The molecular weight excluding hydrogens is 254 g/mol. The highest BCUT2D eigenvalue weighted by Gasteiger charge is 2.43. The molecule has 2 nitrogen and oxygen atoms in total. The number of ketones is 1. The highest BCUT2D eigenvalue weighted by atomic mass is 32.2.